The molecule has 5 heteroatoms. The van der Waals surface area contributed by atoms with Gasteiger partial charge in [-0.1, -0.05) is 56.7 Å². The molecule has 0 radical (unpaired) electrons. The Morgan fingerprint density at radius 2 is 1.72 bits per heavy atom. The Labute approximate surface area is 190 Å². The molecule has 0 aliphatic carbocycles. The lowest BCUT2D eigenvalue weighted by Gasteiger charge is -2.18. The van der Waals surface area contributed by atoms with Gasteiger partial charge in [-0.15, -0.1) is 0 Å². The highest BCUT2D eigenvalue weighted by molar-refractivity contribution is 6.08. The largest absolute Gasteiger partial charge is 0.489 e. The molecule has 2 aromatic rings. The number of rotatable bonds is 9. The van der Waals surface area contributed by atoms with E-state index < -0.39 is 12.1 Å². The van der Waals surface area contributed by atoms with Gasteiger partial charge < -0.3 is 14.6 Å². The van der Waals surface area contributed by atoms with Gasteiger partial charge in [0.2, 0.25) is 0 Å². The van der Waals surface area contributed by atoms with Gasteiger partial charge in [-0.2, -0.15) is 0 Å². The fourth-order valence-corrected chi connectivity index (χ4v) is 2.79. The Morgan fingerprint density at radius 1 is 1.06 bits per heavy atom. The Bertz CT molecular complexity index is 1000. The number of benzene rings is 2. The van der Waals surface area contributed by atoms with Gasteiger partial charge in [-0.25, -0.2) is 4.79 Å². The standard InChI is InChI=1S/C27H32O5/c1-18(2)15-16-31-22-12-13-23(25(17-22)32-19(3)26(29)30)24(28)14-9-20-7-10-21(11-8-20)27(4,5)6/h7-15,17,19H,16H2,1-6H3,(H,29,30). The topological polar surface area (TPSA) is 72.8 Å². The fourth-order valence-electron chi connectivity index (χ4n) is 2.79. The third kappa shape index (κ3) is 7.41. The van der Waals surface area contributed by atoms with E-state index in [2.05, 4.69) is 20.8 Å². The van der Waals surface area contributed by atoms with Gasteiger partial charge >= 0.3 is 5.97 Å². The number of ketones is 1. The van der Waals surface area contributed by atoms with Crippen molar-refractivity contribution in [2.45, 2.75) is 53.1 Å². The lowest BCUT2D eigenvalue weighted by molar-refractivity contribution is -0.144. The summed E-state index contributed by atoms with van der Waals surface area (Å²) in [5.74, 6) is -0.734. The van der Waals surface area contributed by atoms with Crippen LogP contribution in [0.2, 0.25) is 0 Å². The van der Waals surface area contributed by atoms with Gasteiger partial charge in [-0.05, 0) is 61.6 Å². The van der Waals surface area contributed by atoms with Gasteiger partial charge in [0.25, 0.3) is 0 Å². The summed E-state index contributed by atoms with van der Waals surface area (Å²) in [5.41, 5.74) is 3.56. The first-order valence-electron chi connectivity index (χ1n) is 10.6. The molecule has 1 unspecified atom stereocenters. The van der Waals surface area contributed by atoms with Crippen molar-refractivity contribution >= 4 is 17.8 Å². The van der Waals surface area contributed by atoms with Crippen LogP contribution >= 0.6 is 0 Å². The van der Waals surface area contributed by atoms with Crippen LogP contribution in [-0.2, 0) is 10.2 Å². The first-order chi connectivity index (χ1) is 15.0. The quantitative estimate of drug-likeness (QED) is 0.293. The average molecular weight is 437 g/mol. The van der Waals surface area contributed by atoms with E-state index in [1.807, 2.05) is 44.2 Å². The SMILES string of the molecule is CC(C)=CCOc1ccc(C(=O)C=Cc2ccc(C(C)(C)C)cc2)c(OC(C)C(=O)O)c1. The zero-order valence-corrected chi connectivity index (χ0v) is 19.6. The van der Waals surface area contributed by atoms with E-state index >= 15 is 0 Å². The maximum atomic E-state index is 12.9. The number of aliphatic carboxylic acids is 1. The van der Waals surface area contributed by atoms with Gasteiger partial charge in [0, 0.05) is 6.07 Å². The van der Waals surface area contributed by atoms with Crippen molar-refractivity contribution in [1.82, 2.24) is 0 Å². The minimum Gasteiger partial charge on any atom is -0.489 e. The van der Waals surface area contributed by atoms with Crippen LogP contribution in [-0.4, -0.2) is 29.6 Å². The Kier molecular flexibility index (Phi) is 8.41. The molecule has 32 heavy (non-hydrogen) atoms. The summed E-state index contributed by atoms with van der Waals surface area (Å²) in [5, 5.41) is 9.21. The smallest absolute Gasteiger partial charge is 0.344 e. The number of carbonyl (C=O) groups excluding carboxylic acids is 1. The number of hydrogen-bond donors (Lipinski definition) is 1. The summed E-state index contributed by atoms with van der Waals surface area (Å²) < 4.78 is 11.2. The van der Waals surface area contributed by atoms with Gasteiger partial charge in [0.05, 0.1) is 5.56 Å². The van der Waals surface area contributed by atoms with Crippen molar-refractivity contribution in [2.75, 3.05) is 6.61 Å². The van der Waals surface area contributed by atoms with Crippen molar-refractivity contribution in [2.24, 2.45) is 0 Å². The minimum atomic E-state index is -1.12. The lowest BCUT2D eigenvalue weighted by atomic mass is 9.87. The molecule has 0 fully saturated rings. The monoisotopic (exact) mass is 436 g/mol. The molecule has 0 aliphatic rings. The number of hydrogen-bond acceptors (Lipinski definition) is 4. The number of carboxylic acids is 1. The molecule has 1 atom stereocenters. The summed E-state index contributed by atoms with van der Waals surface area (Å²) in [6.07, 6.45) is 4.01. The predicted molar refractivity (Wildman–Crippen MR) is 128 cm³/mol. The molecule has 0 saturated heterocycles. The van der Waals surface area contributed by atoms with Crippen LogP contribution < -0.4 is 9.47 Å². The van der Waals surface area contributed by atoms with Crippen molar-refractivity contribution in [3.8, 4) is 11.5 Å². The maximum Gasteiger partial charge on any atom is 0.344 e. The summed E-state index contributed by atoms with van der Waals surface area (Å²) in [6, 6.07) is 12.9. The van der Waals surface area contributed by atoms with E-state index in [0.717, 1.165) is 11.1 Å². The van der Waals surface area contributed by atoms with Crippen LogP contribution in [0.25, 0.3) is 6.08 Å². The van der Waals surface area contributed by atoms with Crippen molar-refractivity contribution in [1.29, 1.82) is 0 Å². The van der Waals surface area contributed by atoms with Crippen molar-refractivity contribution in [3.05, 3.63) is 76.9 Å². The van der Waals surface area contributed by atoms with E-state index in [4.69, 9.17) is 9.47 Å². The fraction of sp³-hybridized carbons (Fsp3) is 0.333. The van der Waals surface area contributed by atoms with Gasteiger partial charge in [0.15, 0.2) is 11.9 Å². The van der Waals surface area contributed by atoms with E-state index in [0.29, 0.717) is 12.4 Å². The molecular weight excluding hydrogens is 404 g/mol. The first kappa shape index (κ1) is 24.9. The summed E-state index contributed by atoms with van der Waals surface area (Å²) in [7, 11) is 0. The number of carboxylic acid groups (broad SMARTS) is 1. The van der Waals surface area contributed by atoms with Crippen LogP contribution in [0.15, 0.2) is 60.2 Å². The second kappa shape index (κ2) is 10.8. The maximum absolute atomic E-state index is 12.9. The number of allylic oxidation sites excluding steroid dienone is 2. The van der Waals surface area contributed by atoms with Gasteiger partial charge in [-0.3, -0.25) is 4.79 Å². The zero-order chi connectivity index (χ0) is 23.9. The second-order valence-corrected chi connectivity index (χ2v) is 8.92. The highest BCUT2D eigenvalue weighted by atomic mass is 16.5. The lowest BCUT2D eigenvalue weighted by Crippen LogP contribution is -2.23. The Morgan fingerprint density at radius 3 is 2.28 bits per heavy atom. The molecule has 0 aliphatic heterocycles. The Hall–Kier alpha value is -3.34. The Balaban J connectivity index is 2.26. The molecule has 5 nitrogen and oxygen atoms in total. The van der Waals surface area contributed by atoms with Crippen LogP contribution in [0.5, 0.6) is 11.5 Å². The number of carbonyl (C=O) groups is 2. The molecular formula is C27H32O5. The minimum absolute atomic E-state index is 0.0561. The molecule has 2 aromatic carbocycles. The van der Waals surface area contributed by atoms with Crippen molar-refractivity contribution in [3.63, 3.8) is 0 Å². The molecule has 0 saturated carbocycles. The summed E-state index contributed by atoms with van der Waals surface area (Å²) in [4.78, 5) is 24.1. The molecule has 1 N–H and O–H groups in total. The average Bonchev–Trinajstić information content (AvgIpc) is 2.71. The second-order valence-electron chi connectivity index (χ2n) is 8.92. The molecule has 0 spiro atoms. The van der Waals surface area contributed by atoms with Crippen LogP contribution in [0.3, 0.4) is 0 Å². The third-order valence-electron chi connectivity index (χ3n) is 4.82. The normalized spacial score (nSPS) is 12.3. The highest BCUT2D eigenvalue weighted by Crippen LogP contribution is 2.28. The van der Waals surface area contributed by atoms with Gasteiger partial charge in [0.1, 0.15) is 18.1 Å². The van der Waals surface area contributed by atoms with E-state index in [1.165, 1.54) is 18.6 Å². The van der Waals surface area contributed by atoms with Crippen LogP contribution in [0.4, 0.5) is 0 Å². The zero-order valence-electron chi connectivity index (χ0n) is 19.6. The van der Waals surface area contributed by atoms with Crippen LogP contribution in [0, 0.1) is 0 Å². The van der Waals surface area contributed by atoms with E-state index in [9.17, 15) is 14.7 Å². The molecule has 170 valence electrons. The summed E-state index contributed by atoms with van der Waals surface area (Å²) >= 11 is 0. The first-order valence-corrected chi connectivity index (χ1v) is 10.6. The van der Waals surface area contributed by atoms with Crippen molar-refractivity contribution < 1.29 is 24.2 Å². The van der Waals surface area contributed by atoms with Crippen LogP contribution in [0.1, 0.15) is 63.0 Å². The molecule has 0 bridgehead atoms. The molecule has 0 aromatic heterocycles. The van der Waals surface area contributed by atoms with E-state index in [1.54, 1.807) is 24.3 Å². The molecule has 0 heterocycles. The highest BCUT2D eigenvalue weighted by Gasteiger charge is 2.18. The van der Waals surface area contributed by atoms with E-state index in [-0.39, 0.29) is 22.5 Å². The number of ether oxygens (including phenoxy) is 2. The summed E-state index contributed by atoms with van der Waals surface area (Å²) in [6.45, 7) is 12.2. The molecule has 2 rings (SSSR count). The predicted octanol–water partition coefficient (Wildman–Crippen LogP) is 6.08. The third-order valence-corrected chi connectivity index (χ3v) is 4.82. The molecule has 0 amide bonds.